The van der Waals surface area contributed by atoms with Crippen molar-refractivity contribution in [1.82, 2.24) is 4.90 Å². The molecule has 0 radical (unpaired) electrons. The van der Waals surface area contributed by atoms with E-state index in [9.17, 15) is 9.18 Å². The van der Waals surface area contributed by atoms with Gasteiger partial charge in [0.25, 0.3) is 0 Å². The lowest BCUT2D eigenvalue weighted by Crippen LogP contribution is -2.26. The minimum Gasteiger partial charge on any atom is -0.481 e. The van der Waals surface area contributed by atoms with Crippen LogP contribution in [-0.2, 0) is 4.79 Å². The van der Waals surface area contributed by atoms with Gasteiger partial charge in [-0.1, -0.05) is 12.1 Å². The van der Waals surface area contributed by atoms with Gasteiger partial charge in [0, 0.05) is 12.6 Å². The number of carbonyl (C=O) groups is 1. The Morgan fingerprint density at radius 2 is 2.06 bits per heavy atom. The summed E-state index contributed by atoms with van der Waals surface area (Å²) in [5.41, 5.74) is 1.03. The van der Waals surface area contributed by atoms with Crippen LogP contribution < -0.4 is 0 Å². The number of rotatable bonds is 3. The van der Waals surface area contributed by atoms with Crippen molar-refractivity contribution in [2.75, 3.05) is 13.1 Å². The fourth-order valence-electron chi connectivity index (χ4n) is 2.29. The molecule has 18 heavy (non-hydrogen) atoms. The average molecular weight is 274 g/mol. The highest BCUT2D eigenvalue weighted by atomic mass is 35.5. The van der Waals surface area contributed by atoms with Crippen molar-refractivity contribution in [1.29, 1.82) is 0 Å². The van der Waals surface area contributed by atoms with E-state index >= 15 is 0 Å². The van der Waals surface area contributed by atoms with Gasteiger partial charge in [-0.3, -0.25) is 9.69 Å². The number of aliphatic carboxylic acids is 1. The van der Waals surface area contributed by atoms with Crippen LogP contribution in [0, 0.1) is 11.7 Å². The van der Waals surface area contributed by atoms with Gasteiger partial charge in [-0.15, -0.1) is 12.4 Å². The first-order chi connectivity index (χ1) is 8.08. The Balaban J connectivity index is 0.00000162. The van der Waals surface area contributed by atoms with Gasteiger partial charge in [0.2, 0.25) is 0 Å². The fraction of sp³-hybridized carbons (Fsp3) is 0.462. The molecule has 1 saturated heterocycles. The van der Waals surface area contributed by atoms with E-state index in [0.717, 1.165) is 12.1 Å². The largest absolute Gasteiger partial charge is 0.481 e. The zero-order chi connectivity index (χ0) is 12.4. The summed E-state index contributed by atoms with van der Waals surface area (Å²) < 4.78 is 12.8. The highest BCUT2D eigenvalue weighted by Gasteiger charge is 2.30. The molecule has 1 N–H and O–H groups in total. The van der Waals surface area contributed by atoms with Crippen molar-refractivity contribution >= 4 is 18.4 Å². The third-order valence-corrected chi connectivity index (χ3v) is 3.47. The monoisotopic (exact) mass is 273 g/mol. The first kappa shape index (κ1) is 14.9. The quantitative estimate of drug-likeness (QED) is 0.921. The zero-order valence-corrected chi connectivity index (χ0v) is 11.0. The number of hydrogen-bond acceptors (Lipinski definition) is 2. The maximum atomic E-state index is 12.8. The van der Waals surface area contributed by atoms with Crippen LogP contribution in [0.25, 0.3) is 0 Å². The van der Waals surface area contributed by atoms with Gasteiger partial charge in [-0.2, -0.15) is 0 Å². The number of hydrogen-bond donors (Lipinski definition) is 1. The van der Waals surface area contributed by atoms with Crippen LogP contribution in [0.5, 0.6) is 0 Å². The molecule has 1 aliphatic heterocycles. The van der Waals surface area contributed by atoms with E-state index in [0.29, 0.717) is 13.0 Å². The van der Waals surface area contributed by atoms with E-state index < -0.39 is 5.97 Å². The molecule has 1 heterocycles. The van der Waals surface area contributed by atoms with Crippen molar-refractivity contribution in [3.8, 4) is 0 Å². The molecule has 1 aromatic rings. The SMILES string of the molecule is CC(c1ccc(F)cc1)N1CCC(C(=O)O)C1.Cl. The van der Waals surface area contributed by atoms with E-state index in [1.165, 1.54) is 12.1 Å². The molecule has 0 amide bonds. The summed E-state index contributed by atoms with van der Waals surface area (Å²) in [6.45, 7) is 3.39. The Labute approximate surface area is 112 Å². The fourth-order valence-corrected chi connectivity index (χ4v) is 2.29. The molecule has 0 spiro atoms. The topological polar surface area (TPSA) is 40.5 Å². The maximum Gasteiger partial charge on any atom is 0.307 e. The number of halogens is 2. The van der Waals surface area contributed by atoms with E-state index in [1.807, 2.05) is 6.92 Å². The summed E-state index contributed by atoms with van der Waals surface area (Å²) in [6.07, 6.45) is 0.695. The molecule has 100 valence electrons. The van der Waals surface area contributed by atoms with Crippen molar-refractivity contribution < 1.29 is 14.3 Å². The van der Waals surface area contributed by atoms with Crippen LogP contribution in [0.2, 0.25) is 0 Å². The van der Waals surface area contributed by atoms with Gasteiger partial charge in [-0.25, -0.2) is 4.39 Å². The molecular weight excluding hydrogens is 257 g/mol. The van der Waals surface area contributed by atoms with Gasteiger partial charge in [0.15, 0.2) is 0 Å². The molecule has 1 aliphatic rings. The number of carboxylic acids is 1. The normalized spacial score (nSPS) is 21.3. The van der Waals surface area contributed by atoms with Gasteiger partial charge >= 0.3 is 5.97 Å². The molecular formula is C13H17ClFNO2. The Morgan fingerprint density at radius 1 is 1.44 bits per heavy atom. The van der Waals surface area contributed by atoms with E-state index in [-0.39, 0.29) is 30.2 Å². The Hall–Kier alpha value is -1.13. The molecule has 3 nitrogen and oxygen atoms in total. The van der Waals surface area contributed by atoms with Crippen molar-refractivity contribution in [3.05, 3.63) is 35.6 Å². The lowest BCUT2D eigenvalue weighted by molar-refractivity contribution is -0.141. The summed E-state index contributed by atoms with van der Waals surface area (Å²) in [6, 6.07) is 6.54. The summed E-state index contributed by atoms with van der Waals surface area (Å²) in [5, 5.41) is 8.94. The second kappa shape index (κ2) is 6.16. The molecule has 1 aromatic carbocycles. The lowest BCUT2D eigenvalue weighted by Gasteiger charge is -2.24. The molecule has 5 heteroatoms. The Kier molecular flexibility index (Phi) is 5.11. The maximum absolute atomic E-state index is 12.8. The van der Waals surface area contributed by atoms with Gasteiger partial charge in [0.05, 0.1) is 5.92 Å². The summed E-state index contributed by atoms with van der Waals surface area (Å²) in [4.78, 5) is 13.0. The number of likely N-dealkylation sites (tertiary alicyclic amines) is 1. The third kappa shape index (κ3) is 3.21. The van der Waals surface area contributed by atoms with Gasteiger partial charge in [0.1, 0.15) is 5.82 Å². The zero-order valence-electron chi connectivity index (χ0n) is 10.2. The minimum atomic E-state index is -0.723. The lowest BCUT2D eigenvalue weighted by atomic mass is 10.1. The highest BCUT2D eigenvalue weighted by molar-refractivity contribution is 5.85. The molecule has 2 unspecified atom stereocenters. The average Bonchev–Trinajstić information content (AvgIpc) is 2.78. The molecule has 2 atom stereocenters. The number of carboxylic acid groups (broad SMARTS) is 1. The highest BCUT2D eigenvalue weighted by Crippen LogP contribution is 2.27. The van der Waals surface area contributed by atoms with E-state index in [2.05, 4.69) is 4.90 Å². The van der Waals surface area contributed by atoms with Crippen LogP contribution in [0.15, 0.2) is 24.3 Å². The molecule has 0 aliphatic carbocycles. The molecule has 2 rings (SSSR count). The number of nitrogens with zero attached hydrogens (tertiary/aromatic N) is 1. The summed E-state index contributed by atoms with van der Waals surface area (Å²) in [5.74, 6) is -1.23. The molecule has 0 saturated carbocycles. The van der Waals surface area contributed by atoms with Crippen LogP contribution in [0.3, 0.4) is 0 Å². The van der Waals surface area contributed by atoms with Gasteiger partial charge < -0.3 is 5.11 Å². The van der Waals surface area contributed by atoms with Gasteiger partial charge in [-0.05, 0) is 37.6 Å². The molecule has 0 aromatic heterocycles. The number of benzene rings is 1. The Bertz CT molecular complexity index is 410. The van der Waals surface area contributed by atoms with Crippen molar-refractivity contribution in [2.45, 2.75) is 19.4 Å². The van der Waals surface area contributed by atoms with E-state index in [1.54, 1.807) is 12.1 Å². The predicted octanol–water partition coefficient (Wildman–Crippen LogP) is 2.72. The van der Waals surface area contributed by atoms with Crippen LogP contribution in [-0.4, -0.2) is 29.1 Å². The Morgan fingerprint density at radius 3 is 2.56 bits per heavy atom. The van der Waals surface area contributed by atoms with Crippen LogP contribution in [0.1, 0.15) is 24.9 Å². The summed E-state index contributed by atoms with van der Waals surface area (Å²) >= 11 is 0. The second-order valence-electron chi connectivity index (χ2n) is 4.55. The second-order valence-corrected chi connectivity index (χ2v) is 4.55. The first-order valence-corrected chi connectivity index (χ1v) is 5.80. The van der Waals surface area contributed by atoms with Crippen LogP contribution in [0.4, 0.5) is 4.39 Å². The van der Waals surface area contributed by atoms with Crippen molar-refractivity contribution in [2.24, 2.45) is 5.92 Å². The molecule has 0 bridgehead atoms. The predicted molar refractivity (Wildman–Crippen MR) is 69.4 cm³/mol. The van der Waals surface area contributed by atoms with Crippen LogP contribution >= 0.6 is 12.4 Å². The standard InChI is InChI=1S/C13H16FNO2.ClH/c1-9(10-2-4-12(14)5-3-10)15-7-6-11(8-15)13(16)17;/h2-5,9,11H,6-8H2,1H3,(H,16,17);1H. The van der Waals surface area contributed by atoms with E-state index in [4.69, 9.17) is 5.11 Å². The molecule has 1 fully saturated rings. The minimum absolute atomic E-state index is 0. The smallest absolute Gasteiger partial charge is 0.307 e. The first-order valence-electron chi connectivity index (χ1n) is 5.80. The third-order valence-electron chi connectivity index (χ3n) is 3.47. The summed E-state index contributed by atoms with van der Waals surface area (Å²) in [7, 11) is 0. The van der Waals surface area contributed by atoms with Crippen molar-refractivity contribution in [3.63, 3.8) is 0 Å².